The van der Waals surface area contributed by atoms with E-state index >= 15 is 0 Å². The molecule has 1 N–H and O–H groups in total. The SMILES string of the molecule is Cc1[nH]c2ccccc2c1C1CCN(C(=O)[C@@H](C)S(C)(=O)=O)CC1. The van der Waals surface area contributed by atoms with E-state index in [9.17, 15) is 13.2 Å². The number of sulfone groups is 1. The third-order valence-electron chi connectivity index (χ3n) is 5.15. The van der Waals surface area contributed by atoms with Crippen LogP contribution in [0, 0.1) is 6.92 Å². The van der Waals surface area contributed by atoms with E-state index in [0.717, 1.165) is 24.6 Å². The minimum atomic E-state index is -3.34. The molecule has 0 unspecified atom stereocenters. The van der Waals surface area contributed by atoms with Crippen molar-refractivity contribution in [3.63, 3.8) is 0 Å². The Morgan fingerprint density at radius 1 is 1.25 bits per heavy atom. The number of nitrogens with one attached hydrogen (secondary N) is 1. The van der Waals surface area contributed by atoms with Crippen molar-refractivity contribution in [1.82, 2.24) is 9.88 Å². The van der Waals surface area contributed by atoms with Crippen LogP contribution in [0.15, 0.2) is 24.3 Å². The molecule has 0 aliphatic carbocycles. The first-order valence-electron chi connectivity index (χ1n) is 8.34. The molecule has 130 valence electrons. The maximum absolute atomic E-state index is 12.4. The first kappa shape index (κ1) is 17.0. The molecule has 2 heterocycles. The molecule has 1 aliphatic heterocycles. The fourth-order valence-electron chi connectivity index (χ4n) is 3.65. The van der Waals surface area contributed by atoms with E-state index in [2.05, 4.69) is 24.0 Å². The highest BCUT2D eigenvalue weighted by Crippen LogP contribution is 2.35. The Morgan fingerprint density at radius 2 is 1.88 bits per heavy atom. The van der Waals surface area contributed by atoms with Gasteiger partial charge in [0.15, 0.2) is 9.84 Å². The van der Waals surface area contributed by atoms with Crippen LogP contribution >= 0.6 is 0 Å². The van der Waals surface area contributed by atoms with E-state index in [-0.39, 0.29) is 5.91 Å². The first-order chi connectivity index (χ1) is 11.3. The summed E-state index contributed by atoms with van der Waals surface area (Å²) in [4.78, 5) is 17.5. The lowest BCUT2D eigenvalue weighted by atomic mass is 9.87. The molecule has 0 radical (unpaired) electrons. The number of nitrogens with zero attached hydrogens (tertiary/aromatic N) is 1. The number of fused-ring (bicyclic) bond motifs is 1. The van der Waals surface area contributed by atoms with Crippen molar-refractivity contribution >= 4 is 26.6 Å². The van der Waals surface area contributed by atoms with Crippen LogP contribution in [0.3, 0.4) is 0 Å². The van der Waals surface area contributed by atoms with Gasteiger partial charge in [-0.05, 0) is 44.2 Å². The highest BCUT2D eigenvalue weighted by Gasteiger charge is 2.32. The van der Waals surface area contributed by atoms with Gasteiger partial charge in [0.1, 0.15) is 5.25 Å². The number of hydrogen-bond donors (Lipinski definition) is 1. The van der Waals surface area contributed by atoms with Crippen molar-refractivity contribution in [3.05, 3.63) is 35.5 Å². The van der Waals surface area contributed by atoms with Crippen molar-refractivity contribution in [2.45, 2.75) is 37.9 Å². The number of piperidine rings is 1. The van der Waals surface area contributed by atoms with Crippen LogP contribution in [0.1, 0.15) is 36.9 Å². The number of amides is 1. The molecule has 1 aromatic heterocycles. The smallest absolute Gasteiger partial charge is 0.240 e. The summed E-state index contributed by atoms with van der Waals surface area (Å²) in [7, 11) is -3.34. The molecule has 1 aliphatic rings. The summed E-state index contributed by atoms with van der Waals surface area (Å²) in [5.74, 6) is 0.130. The number of H-pyrrole nitrogens is 1. The normalized spacial score (nSPS) is 18.0. The van der Waals surface area contributed by atoms with E-state index in [4.69, 9.17) is 0 Å². The van der Waals surface area contributed by atoms with Gasteiger partial charge in [-0.2, -0.15) is 0 Å². The topological polar surface area (TPSA) is 70.2 Å². The van der Waals surface area contributed by atoms with E-state index in [0.29, 0.717) is 19.0 Å². The number of rotatable bonds is 3. The summed E-state index contributed by atoms with van der Waals surface area (Å²) in [5.41, 5.74) is 3.67. The van der Waals surface area contributed by atoms with Gasteiger partial charge in [-0.15, -0.1) is 0 Å². The van der Waals surface area contributed by atoms with Gasteiger partial charge in [-0.1, -0.05) is 18.2 Å². The van der Waals surface area contributed by atoms with Crippen molar-refractivity contribution in [2.75, 3.05) is 19.3 Å². The molecular weight excluding hydrogens is 324 g/mol. The Bertz CT molecular complexity index is 862. The number of benzene rings is 1. The number of aryl methyl sites for hydroxylation is 1. The van der Waals surface area contributed by atoms with Crippen LogP contribution in [-0.2, 0) is 14.6 Å². The molecule has 0 spiro atoms. The van der Waals surface area contributed by atoms with Gasteiger partial charge in [0.05, 0.1) is 0 Å². The zero-order valence-corrected chi connectivity index (χ0v) is 15.2. The zero-order valence-electron chi connectivity index (χ0n) is 14.4. The minimum Gasteiger partial charge on any atom is -0.358 e. The van der Waals surface area contributed by atoms with E-state index in [1.54, 1.807) is 4.90 Å². The largest absolute Gasteiger partial charge is 0.358 e. The van der Waals surface area contributed by atoms with Gasteiger partial charge in [0.2, 0.25) is 5.91 Å². The minimum absolute atomic E-state index is 0.272. The molecule has 1 amide bonds. The summed E-state index contributed by atoms with van der Waals surface area (Å²) in [6.07, 6.45) is 2.85. The number of aromatic nitrogens is 1. The number of hydrogen-bond acceptors (Lipinski definition) is 3. The van der Waals surface area contributed by atoms with Crippen molar-refractivity contribution < 1.29 is 13.2 Å². The molecule has 1 saturated heterocycles. The van der Waals surface area contributed by atoms with Crippen molar-refractivity contribution in [3.8, 4) is 0 Å². The molecule has 1 fully saturated rings. The summed E-state index contributed by atoms with van der Waals surface area (Å²) >= 11 is 0. The Hall–Kier alpha value is -1.82. The highest BCUT2D eigenvalue weighted by molar-refractivity contribution is 7.92. The van der Waals surface area contributed by atoms with Crippen LogP contribution in [0.2, 0.25) is 0 Å². The second-order valence-corrected chi connectivity index (χ2v) is 9.15. The fourth-order valence-corrected chi connectivity index (χ4v) is 4.17. The van der Waals surface area contributed by atoms with Gasteiger partial charge in [-0.3, -0.25) is 4.79 Å². The molecule has 24 heavy (non-hydrogen) atoms. The van der Waals surface area contributed by atoms with Crippen LogP contribution < -0.4 is 0 Å². The maximum atomic E-state index is 12.4. The molecule has 5 nitrogen and oxygen atoms in total. The number of carbonyl (C=O) groups is 1. The Kier molecular flexibility index (Phi) is 4.42. The molecule has 1 atom stereocenters. The van der Waals surface area contributed by atoms with Gasteiger partial charge in [0.25, 0.3) is 0 Å². The molecule has 0 saturated carbocycles. The van der Waals surface area contributed by atoms with Crippen LogP contribution in [0.5, 0.6) is 0 Å². The molecule has 0 bridgehead atoms. The van der Waals surface area contributed by atoms with Crippen molar-refractivity contribution in [1.29, 1.82) is 0 Å². The van der Waals surface area contributed by atoms with Gasteiger partial charge < -0.3 is 9.88 Å². The monoisotopic (exact) mass is 348 g/mol. The lowest BCUT2D eigenvalue weighted by Gasteiger charge is -2.33. The van der Waals surface area contributed by atoms with Gasteiger partial charge >= 0.3 is 0 Å². The molecule has 2 aromatic rings. The first-order valence-corrected chi connectivity index (χ1v) is 10.3. The van der Waals surface area contributed by atoms with Crippen LogP contribution in [0.4, 0.5) is 0 Å². The maximum Gasteiger partial charge on any atom is 0.240 e. The standard InChI is InChI=1S/C18H24N2O3S/c1-12-17(15-6-4-5-7-16(15)19-12)14-8-10-20(11-9-14)18(21)13(2)24(3,22)23/h4-7,13-14,19H,8-11H2,1-3H3/t13-/m1/s1. The number of likely N-dealkylation sites (tertiary alicyclic amines) is 1. The van der Waals surface area contributed by atoms with Gasteiger partial charge in [-0.25, -0.2) is 8.42 Å². The Morgan fingerprint density at radius 3 is 2.50 bits per heavy atom. The van der Waals surface area contributed by atoms with E-state index in [1.807, 2.05) is 12.1 Å². The summed E-state index contributed by atoms with van der Waals surface area (Å²) in [5, 5.41) is 0.299. The second kappa shape index (κ2) is 6.24. The predicted octanol–water partition coefficient (Wildman–Crippen LogP) is 2.62. The average Bonchev–Trinajstić information content (AvgIpc) is 2.88. The third kappa shape index (κ3) is 3.07. The number of para-hydroxylation sites is 1. The number of carbonyl (C=O) groups excluding carboxylic acids is 1. The molecular formula is C18H24N2O3S. The highest BCUT2D eigenvalue weighted by atomic mass is 32.2. The van der Waals surface area contributed by atoms with Crippen molar-refractivity contribution in [2.24, 2.45) is 0 Å². The zero-order chi connectivity index (χ0) is 17.5. The quantitative estimate of drug-likeness (QED) is 0.927. The van der Waals surface area contributed by atoms with E-state index in [1.165, 1.54) is 23.6 Å². The number of aromatic amines is 1. The van der Waals surface area contributed by atoms with Crippen LogP contribution in [-0.4, -0.2) is 48.8 Å². The predicted molar refractivity (Wildman–Crippen MR) is 95.9 cm³/mol. The third-order valence-corrected chi connectivity index (χ3v) is 6.63. The van der Waals surface area contributed by atoms with Crippen LogP contribution in [0.25, 0.3) is 10.9 Å². The summed E-state index contributed by atoms with van der Waals surface area (Å²) in [6, 6.07) is 8.29. The summed E-state index contributed by atoms with van der Waals surface area (Å²) < 4.78 is 23.2. The average molecular weight is 348 g/mol. The molecule has 1 aromatic carbocycles. The second-order valence-electron chi connectivity index (χ2n) is 6.78. The van der Waals surface area contributed by atoms with E-state index < -0.39 is 15.1 Å². The molecule has 3 rings (SSSR count). The fraction of sp³-hybridized carbons (Fsp3) is 0.500. The Labute approximate surface area is 143 Å². The molecule has 6 heteroatoms. The van der Waals surface area contributed by atoms with Gasteiger partial charge in [0, 0.05) is 35.9 Å². The lowest BCUT2D eigenvalue weighted by Crippen LogP contribution is -2.44. The summed E-state index contributed by atoms with van der Waals surface area (Å²) in [6.45, 7) is 4.80. The Balaban J connectivity index is 1.75. The lowest BCUT2D eigenvalue weighted by molar-refractivity contribution is -0.131.